The van der Waals surface area contributed by atoms with Crippen LogP contribution in [0.4, 0.5) is 0 Å². The lowest BCUT2D eigenvalue weighted by Crippen LogP contribution is -2.39. The van der Waals surface area contributed by atoms with Crippen molar-refractivity contribution in [3.8, 4) is 5.75 Å². The van der Waals surface area contributed by atoms with Crippen LogP contribution in [0.3, 0.4) is 0 Å². The van der Waals surface area contributed by atoms with Gasteiger partial charge in [-0.25, -0.2) is 0 Å². The number of amides is 1. The van der Waals surface area contributed by atoms with Crippen molar-refractivity contribution in [2.75, 3.05) is 19.7 Å². The van der Waals surface area contributed by atoms with Crippen LogP contribution in [-0.2, 0) is 4.79 Å². The molecule has 0 spiro atoms. The third-order valence-electron chi connectivity index (χ3n) is 2.91. The molecule has 6 heteroatoms. The molecule has 0 radical (unpaired) electrons. The fourth-order valence-electron chi connectivity index (χ4n) is 1.98. The van der Waals surface area contributed by atoms with Gasteiger partial charge < -0.3 is 15.4 Å². The molecule has 0 aliphatic carbocycles. The predicted molar refractivity (Wildman–Crippen MR) is 76.0 cm³/mol. The van der Waals surface area contributed by atoms with Gasteiger partial charge in [-0.05, 0) is 37.6 Å². The van der Waals surface area contributed by atoms with Gasteiger partial charge in [0.25, 0.3) is 5.91 Å². The SMILES string of the molecule is O=C(COc1cc(Cl)cc(Cl)c1)NCC1CCCN1. The summed E-state index contributed by atoms with van der Waals surface area (Å²) in [5.74, 6) is 0.344. The molecular weight excluding hydrogens is 287 g/mol. The number of benzene rings is 1. The Morgan fingerprint density at radius 3 is 2.74 bits per heavy atom. The van der Waals surface area contributed by atoms with E-state index in [1.54, 1.807) is 18.2 Å². The summed E-state index contributed by atoms with van der Waals surface area (Å²) >= 11 is 11.7. The maximum atomic E-state index is 11.6. The summed E-state index contributed by atoms with van der Waals surface area (Å²) in [6.45, 7) is 1.62. The maximum absolute atomic E-state index is 11.6. The molecule has 0 aromatic heterocycles. The van der Waals surface area contributed by atoms with Crippen molar-refractivity contribution in [2.24, 2.45) is 0 Å². The largest absolute Gasteiger partial charge is 0.484 e. The van der Waals surface area contributed by atoms with Gasteiger partial charge in [-0.15, -0.1) is 0 Å². The van der Waals surface area contributed by atoms with Crippen LogP contribution >= 0.6 is 23.2 Å². The minimum Gasteiger partial charge on any atom is -0.484 e. The summed E-state index contributed by atoms with van der Waals surface area (Å²) in [4.78, 5) is 11.6. The normalized spacial score (nSPS) is 18.3. The van der Waals surface area contributed by atoms with Crippen molar-refractivity contribution in [1.82, 2.24) is 10.6 Å². The number of ether oxygens (including phenoxy) is 1. The zero-order valence-corrected chi connectivity index (χ0v) is 11.9. The number of nitrogens with one attached hydrogen (secondary N) is 2. The summed E-state index contributed by atoms with van der Waals surface area (Å²) in [5, 5.41) is 7.11. The second-order valence-corrected chi connectivity index (χ2v) is 5.36. The van der Waals surface area contributed by atoms with E-state index in [9.17, 15) is 4.79 Å². The Morgan fingerprint density at radius 1 is 1.37 bits per heavy atom. The molecular formula is C13H16Cl2N2O2. The smallest absolute Gasteiger partial charge is 0.257 e. The molecule has 2 N–H and O–H groups in total. The molecule has 1 aromatic rings. The minimum atomic E-state index is -0.148. The summed E-state index contributed by atoms with van der Waals surface area (Å²) in [5.41, 5.74) is 0. The molecule has 0 bridgehead atoms. The van der Waals surface area contributed by atoms with E-state index < -0.39 is 0 Å². The van der Waals surface area contributed by atoms with E-state index in [0.29, 0.717) is 28.4 Å². The average Bonchev–Trinajstić information content (AvgIpc) is 2.86. The number of hydrogen-bond acceptors (Lipinski definition) is 3. The topological polar surface area (TPSA) is 50.4 Å². The van der Waals surface area contributed by atoms with Gasteiger partial charge in [0.15, 0.2) is 6.61 Å². The standard InChI is InChI=1S/C13H16Cl2N2O2/c14-9-4-10(15)6-12(5-9)19-8-13(18)17-7-11-2-1-3-16-11/h4-6,11,16H,1-3,7-8H2,(H,17,18). The van der Waals surface area contributed by atoms with Gasteiger partial charge >= 0.3 is 0 Å². The van der Waals surface area contributed by atoms with Crippen LogP contribution < -0.4 is 15.4 Å². The molecule has 1 aliphatic heterocycles. The lowest BCUT2D eigenvalue weighted by Gasteiger charge is -2.12. The molecule has 1 aliphatic rings. The number of rotatable bonds is 5. The molecule has 1 saturated heterocycles. The van der Waals surface area contributed by atoms with Crippen molar-refractivity contribution in [1.29, 1.82) is 0 Å². The van der Waals surface area contributed by atoms with Crippen LogP contribution in [0.15, 0.2) is 18.2 Å². The van der Waals surface area contributed by atoms with E-state index in [2.05, 4.69) is 10.6 Å². The summed E-state index contributed by atoms with van der Waals surface area (Å²) in [6.07, 6.45) is 2.27. The lowest BCUT2D eigenvalue weighted by atomic mass is 10.2. The first-order chi connectivity index (χ1) is 9.13. The Labute approximate surface area is 122 Å². The number of halogens is 2. The lowest BCUT2D eigenvalue weighted by molar-refractivity contribution is -0.123. The Kier molecular flexibility index (Phi) is 5.31. The first kappa shape index (κ1) is 14.4. The van der Waals surface area contributed by atoms with Gasteiger partial charge in [0.1, 0.15) is 5.75 Å². The fourth-order valence-corrected chi connectivity index (χ4v) is 2.49. The van der Waals surface area contributed by atoms with Crippen LogP contribution in [-0.4, -0.2) is 31.6 Å². The average molecular weight is 303 g/mol. The highest BCUT2D eigenvalue weighted by Crippen LogP contribution is 2.23. The van der Waals surface area contributed by atoms with Crippen LogP contribution in [0.5, 0.6) is 5.75 Å². The molecule has 19 heavy (non-hydrogen) atoms. The molecule has 1 fully saturated rings. The van der Waals surface area contributed by atoms with Gasteiger partial charge in [0, 0.05) is 22.6 Å². The first-order valence-electron chi connectivity index (χ1n) is 6.22. The second-order valence-electron chi connectivity index (χ2n) is 4.49. The highest BCUT2D eigenvalue weighted by Gasteiger charge is 2.14. The van der Waals surface area contributed by atoms with Gasteiger partial charge in [0.05, 0.1) is 0 Å². The Balaban J connectivity index is 1.73. The van der Waals surface area contributed by atoms with E-state index in [1.807, 2.05) is 0 Å². The summed E-state index contributed by atoms with van der Waals surface area (Å²) in [6, 6.07) is 5.24. The number of carbonyl (C=O) groups is 1. The van der Waals surface area contributed by atoms with E-state index in [-0.39, 0.29) is 12.5 Å². The van der Waals surface area contributed by atoms with Crippen molar-refractivity contribution in [2.45, 2.75) is 18.9 Å². The van der Waals surface area contributed by atoms with Crippen LogP contribution in [0.2, 0.25) is 10.0 Å². The van der Waals surface area contributed by atoms with E-state index in [4.69, 9.17) is 27.9 Å². The molecule has 2 rings (SSSR count). The molecule has 1 amide bonds. The monoisotopic (exact) mass is 302 g/mol. The van der Waals surface area contributed by atoms with Crippen LogP contribution in [0, 0.1) is 0 Å². The fraction of sp³-hybridized carbons (Fsp3) is 0.462. The maximum Gasteiger partial charge on any atom is 0.257 e. The third-order valence-corrected chi connectivity index (χ3v) is 3.35. The van der Waals surface area contributed by atoms with Crippen LogP contribution in [0.1, 0.15) is 12.8 Å². The van der Waals surface area contributed by atoms with E-state index >= 15 is 0 Å². The molecule has 104 valence electrons. The van der Waals surface area contributed by atoms with Gasteiger partial charge in [0.2, 0.25) is 0 Å². The molecule has 4 nitrogen and oxygen atoms in total. The summed E-state index contributed by atoms with van der Waals surface area (Å²) in [7, 11) is 0. The third kappa shape index (κ3) is 4.90. The van der Waals surface area contributed by atoms with Gasteiger partial charge in [-0.3, -0.25) is 4.79 Å². The number of hydrogen-bond donors (Lipinski definition) is 2. The molecule has 0 saturated carbocycles. The Bertz CT molecular complexity index is 428. The quantitative estimate of drug-likeness (QED) is 0.877. The van der Waals surface area contributed by atoms with Gasteiger partial charge in [-0.1, -0.05) is 23.2 Å². The highest BCUT2D eigenvalue weighted by atomic mass is 35.5. The Hall–Kier alpha value is -0.970. The minimum absolute atomic E-state index is 0.0383. The van der Waals surface area contributed by atoms with Crippen molar-refractivity contribution < 1.29 is 9.53 Å². The predicted octanol–water partition coefficient (Wildman–Crippen LogP) is 2.24. The van der Waals surface area contributed by atoms with Crippen LogP contribution in [0.25, 0.3) is 0 Å². The van der Waals surface area contributed by atoms with E-state index in [1.165, 1.54) is 0 Å². The number of carbonyl (C=O) groups excluding carboxylic acids is 1. The summed E-state index contributed by atoms with van der Waals surface area (Å²) < 4.78 is 5.34. The molecule has 1 aromatic carbocycles. The zero-order valence-electron chi connectivity index (χ0n) is 10.4. The first-order valence-corrected chi connectivity index (χ1v) is 6.98. The molecule has 1 atom stereocenters. The van der Waals surface area contributed by atoms with Crippen molar-refractivity contribution >= 4 is 29.1 Å². The van der Waals surface area contributed by atoms with E-state index in [0.717, 1.165) is 19.4 Å². The molecule has 1 unspecified atom stereocenters. The van der Waals surface area contributed by atoms with Crippen molar-refractivity contribution in [3.63, 3.8) is 0 Å². The van der Waals surface area contributed by atoms with Gasteiger partial charge in [-0.2, -0.15) is 0 Å². The Morgan fingerprint density at radius 2 is 2.11 bits per heavy atom. The zero-order chi connectivity index (χ0) is 13.7. The highest BCUT2D eigenvalue weighted by molar-refractivity contribution is 6.34. The van der Waals surface area contributed by atoms with Crippen molar-refractivity contribution in [3.05, 3.63) is 28.2 Å². The molecule has 1 heterocycles. The second kappa shape index (κ2) is 6.98.